The monoisotopic (exact) mass is 373 g/mol. The van der Waals surface area contributed by atoms with Gasteiger partial charge in [-0.1, -0.05) is 0 Å². The molecule has 0 saturated carbocycles. The van der Waals surface area contributed by atoms with E-state index in [1.54, 1.807) is 5.57 Å². The second-order valence-electron chi connectivity index (χ2n) is 3.67. The predicted octanol–water partition coefficient (Wildman–Crippen LogP) is 4.76. The molecule has 1 aliphatic rings. The first-order chi connectivity index (χ1) is 6.93. The molecule has 0 aromatic heterocycles. The van der Waals surface area contributed by atoms with Gasteiger partial charge in [0.15, 0.2) is 0 Å². The summed E-state index contributed by atoms with van der Waals surface area (Å²) in [4.78, 5) is 3.04. The van der Waals surface area contributed by atoms with E-state index in [9.17, 15) is 0 Å². The maximum atomic E-state index is 2.50. The van der Waals surface area contributed by atoms with Gasteiger partial charge in [-0.15, -0.1) is 0 Å². The topological polar surface area (TPSA) is 0 Å². The predicted molar refractivity (Wildman–Crippen MR) is 60.2 cm³/mol. The molecule has 0 spiro atoms. The van der Waals surface area contributed by atoms with Gasteiger partial charge >= 0.3 is 97.4 Å². The molecular formula is C13H22Pt. The molecule has 0 fully saturated rings. The average molecular weight is 373 g/mol. The van der Waals surface area contributed by atoms with E-state index in [0.29, 0.717) is 18.6 Å². The molecule has 1 rings (SSSR count). The van der Waals surface area contributed by atoms with Gasteiger partial charge in [0, 0.05) is 0 Å². The van der Waals surface area contributed by atoms with Crippen molar-refractivity contribution in [2.24, 2.45) is 0 Å². The minimum absolute atomic E-state index is 0.514. The summed E-state index contributed by atoms with van der Waals surface area (Å²) in [6.45, 7) is 2.31. The Kier molecular flexibility index (Phi) is 7.41. The first-order valence-electron chi connectivity index (χ1n) is 5.71. The number of hydrogen-bond acceptors (Lipinski definition) is 0. The van der Waals surface area contributed by atoms with Crippen LogP contribution in [0.25, 0.3) is 0 Å². The van der Waals surface area contributed by atoms with Crippen LogP contribution < -0.4 is 0 Å². The van der Waals surface area contributed by atoms with Gasteiger partial charge in [-0.05, 0) is 0 Å². The third-order valence-electron chi connectivity index (χ3n) is 2.35. The normalized spacial score (nSPS) is 23.6. The van der Waals surface area contributed by atoms with Gasteiger partial charge in [-0.2, -0.15) is 0 Å². The van der Waals surface area contributed by atoms with E-state index >= 15 is 0 Å². The maximum absolute atomic E-state index is 2.50. The van der Waals surface area contributed by atoms with Gasteiger partial charge in [0.05, 0.1) is 0 Å². The Hall–Kier alpha value is 0.168. The van der Waals surface area contributed by atoms with Crippen LogP contribution in [0.5, 0.6) is 0 Å². The fourth-order valence-corrected chi connectivity index (χ4v) is 4.07. The van der Waals surface area contributed by atoms with Crippen LogP contribution in [-0.2, 0) is 18.6 Å². The second-order valence-corrected chi connectivity index (χ2v) is 7.08. The van der Waals surface area contributed by atoms with Crippen molar-refractivity contribution in [3.05, 3.63) is 23.8 Å². The molecule has 14 heavy (non-hydrogen) atoms. The van der Waals surface area contributed by atoms with E-state index in [2.05, 4.69) is 25.2 Å². The molecule has 0 amide bonds. The average Bonchev–Trinajstić information content (AvgIpc) is 2.15. The van der Waals surface area contributed by atoms with Crippen molar-refractivity contribution in [2.45, 2.75) is 55.1 Å². The van der Waals surface area contributed by atoms with Crippen molar-refractivity contribution < 1.29 is 18.6 Å². The molecule has 0 nitrogen and oxygen atoms in total. The van der Waals surface area contributed by atoms with Gasteiger partial charge < -0.3 is 0 Å². The molecule has 0 unspecified atom stereocenters. The molecule has 0 saturated heterocycles. The van der Waals surface area contributed by atoms with Crippen LogP contribution in [0.3, 0.4) is 0 Å². The van der Waals surface area contributed by atoms with Crippen molar-refractivity contribution in [1.29, 1.82) is 0 Å². The molecule has 0 aromatic carbocycles. The third-order valence-corrected chi connectivity index (χ3v) is 5.66. The Balaban J connectivity index is 2.15. The second kappa shape index (κ2) is 8.47. The Morgan fingerprint density at radius 3 is 2.86 bits per heavy atom. The van der Waals surface area contributed by atoms with E-state index in [0.717, 1.165) is 0 Å². The Bertz CT molecular complexity index is 191. The molecule has 0 bridgehead atoms. The molecule has 0 atom stereocenters. The number of hydrogen-bond donors (Lipinski definition) is 0. The molecule has 0 aromatic rings. The van der Waals surface area contributed by atoms with Crippen LogP contribution in [0, 0.1) is 0 Å². The van der Waals surface area contributed by atoms with E-state index in [1.807, 2.05) is 0 Å². The van der Waals surface area contributed by atoms with Crippen molar-refractivity contribution in [3.8, 4) is 0 Å². The summed E-state index contributed by atoms with van der Waals surface area (Å²) in [5.41, 5.74) is 1.74. The first-order valence-corrected chi connectivity index (χ1v) is 8.92. The summed E-state index contributed by atoms with van der Waals surface area (Å²) in [5.74, 6) is 0. The number of allylic oxidation sites excluding steroid dienone is 4. The van der Waals surface area contributed by atoms with Gasteiger partial charge in [0.1, 0.15) is 0 Å². The molecule has 84 valence electrons. The fourth-order valence-electron chi connectivity index (χ4n) is 1.57. The van der Waals surface area contributed by atoms with Crippen LogP contribution >= 0.6 is 0 Å². The third kappa shape index (κ3) is 5.81. The Morgan fingerprint density at radius 2 is 2.00 bits per heavy atom. The fraction of sp³-hybridized carbons (Fsp3) is 0.692. The van der Waals surface area contributed by atoms with Crippen LogP contribution in [-0.4, -0.2) is 0 Å². The van der Waals surface area contributed by atoms with Gasteiger partial charge in [0.25, 0.3) is 0 Å². The van der Waals surface area contributed by atoms with E-state index in [4.69, 9.17) is 0 Å². The summed E-state index contributed by atoms with van der Waals surface area (Å²) >= 11 is 0.514. The summed E-state index contributed by atoms with van der Waals surface area (Å²) in [6, 6.07) is 0. The number of rotatable bonds is 5. The van der Waals surface area contributed by atoms with Crippen molar-refractivity contribution in [1.82, 2.24) is 0 Å². The van der Waals surface area contributed by atoms with Crippen LogP contribution in [0.15, 0.2) is 23.8 Å². The van der Waals surface area contributed by atoms with Crippen LogP contribution in [0.4, 0.5) is 0 Å². The Labute approximate surface area is 97.4 Å². The summed E-state index contributed by atoms with van der Waals surface area (Å²) in [5, 5.41) is 0. The summed E-state index contributed by atoms with van der Waals surface area (Å²) < 4.78 is 0. The molecule has 0 radical (unpaired) electrons. The quantitative estimate of drug-likeness (QED) is 0.481. The van der Waals surface area contributed by atoms with Crippen molar-refractivity contribution >= 4 is 0 Å². The molecule has 1 aliphatic carbocycles. The molecular weight excluding hydrogens is 351 g/mol. The molecule has 0 N–H and O–H groups in total. The SMILES string of the molecule is CC[CH2][Pt][CH2]C/C1=C/CC/C=C\CC1. The van der Waals surface area contributed by atoms with E-state index < -0.39 is 0 Å². The van der Waals surface area contributed by atoms with Gasteiger partial charge in [-0.3, -0.25) is 0 Å². The zero-order valence-corrected chi connectivity index (χ0v) is 11.5. The molecule has 0 heterocycles. The van der Waals surface area contributed by atoms with Crippen molar-refractivity contribution in [2.75, 3.05) is 0 Å². The van der Waals surface area contributed by atoms with E-state index in [1.165, 1.54) is 48.1 Å². The zero-order valence-electron chi connectivity index (χ0n) is 9.21. The summed E-state index contributed by atoms with van der Waals surface area (Å²) in [7, 11) is 0. The van der Waals surface area contributed by atoms with Crippen molar-refractivity contribution in [3.63, 3.8) is 0 Å². The minimum atomic E-state index is 0.514. The van der Waals surface area contributed by atoms with Crippen LogP contribution in [0.1, 0.15) is 45.4 Å². The van der Waals surface area contributed by atoms with Gasteiger partial charge in [-0.25, -0.2) is 0 Å². The van der Waals surface area contributed by atoms with Crippen LogP contribution in [0.2, 0.25) is 9.62 Å². The van der Waals surface area contributed by atoms with Gasteiger partial charge in [0.2, 0.25) is 0 Å². The summed E-state index contributed by atoms with van der Waals surface area (Å²) in [6.07, 6.45) is 15.1. The molecule has 1 heteroatoms. The van der Waals surface area contributed by atoms with E-state index in [-0.39, 0.29) is 0 Å². The standard InChI is InChI=1S/C10H15.C3H7.Pt/c1-2-10-8-6-4-3-5-7-9-10;1-3-2;/h3-4,9H,1-2,5-8H2;1,3H2,2H3;/b4-3-,10-9-;;. The molecule has 0 aliphatic heterocycles. The zero-order chi connectivity index (χ0) is 10.1. The first kappa shape index (κ1) is 12.2. The Morgan fingerprint density at radius 1 is 1.14 bits per heavy atom.